The maximum atomic E-state index is 12.5. The van der Waals surface area contributed by atoms with Crippen LogP contribution in [0.2, 0.25) is 10.0 Å². The lowest BCUT2D eigenvalue weighted by Gasteiger charge is -2.31. The lowest BCUT2D eigenvalue weighted by molar-refractivity contribution is 0.0660. The highest BCUT2D eigenvalue weighted by molar-refractivity contribution is 6.34. The summed E-state index contributed by atoms with van der Waals surface area (Å²) in [6.45, 7) is 2.28. The summed E-state index contributed by atoms with van der Waals surface area (Å²) in [4.78, 5) is 14.3. The first-order chi connectivity index (χ1) is 12.0. The summed E-state index contributed by atoms with van der Waals surface area (Å²) >= 11 is 11.9. The first-order valence-electron chi connectivity index (χ1n) is 8.21. The van der Waals surface area contributed by atoms with E-state index < -0.39 is 0 Å². The van der Waals surface area contributed by atoms with Gasteiger partial charge in [-0.2, -0.15) is 0 Å². The molecule has 7 heteroatoms. The molecule has 1 amide bonds. The molecule has 25 heavy (non-hydrogen) atoms. The molecule has 0 spiro atoms. The number of carbonyl (C=O) groups excluding carboxylic acids is 1. The van der Waals surface area contributed by atoms with Gasteiger partial charge in [-0.25, -0.2) is 0 Å². The molecule has 1 aliphatic rings. The molecule has 0 bridgehead atoms. The van der Waals surface area contributed by atoms with E-state index in [1.54, 1.807) is 24.3 Å². The van der Waals surface area contributed by atoms with Crippen LogP contribution in [0.25, 0.3) is 0 Å². The largest absolute Gasteiger partial charge is 0.493 e. The summed E-state index contributed by atoms with van der Waals surface area (Å²) in [5.74, 6) is 1.67. The highest BCUT2D eigenvalue weighted by Crippen LogP contribution is 2.26. The molecule has 1 saturated heterocycles. The summed E-state index contributed by atoms with van der Waals surface area (Å²) in [7, 11) is 0. The molecule has 1 fully saturated rings. The normalized spacial score (nSPS) is 15.4. The van der Waals surface area contributed by atoms with Crippen molar-refractivity contribution >= 4 is 29.1 Å². The molecule has 0 radical (unpaired) electrons. The van der Waals surface area contributed by atoms with Crippen LogP contribution in [0.5, 0.6) is 5.75 Å². The second-order valence-corrected chi connectivity index (χ2v) is 7.03. The van der Waals surface area contributed by atoms with Crippen LogP contribution in [0.4, 0.5) is 0 Å². The molecular weight excluding hydrogens is 363 g/mol. The zero-order chi connectivity index (χ0) is 17.8. The SMILES string of the molecule is NCc1cc(C(=O)N2CCC(COc3cc(Cl)cc(Cl)c3)CC2)co1. The fourth-order valence-corrected chi connectivity index (χ4v) is 3.42. The molecule has 0 unspecified atom stereocenters. The fraction of sp³-hybridized carbons (Fsp3) is 0.389. The number of rotatable bonds is 5. The standard InChI is InChI=1S/C18H20Cl2N2O3/c19-14-6-15(20)8-16(7-14)24-10-12-1-3-22(4-2-12)18(23)13-5-17(9-21)25-11-13/h5-8,11-12H,1-4,9-10,21H2. The summed E-state index contributed by atoms with van der Waals surface area (Å²) in [5, 5.41) is 1.11. The number of hydrogen-bond acceptors (Lipinski definition) is 4. The first-order valence-corrected chi connectivity index (χ1v) is 8.96. The van der Waals surface area contributed by atoms with Gasteiger partial charge in [-0.05, 0) is 43.0 Å². The average molecular weight is 383 g/mol. The van der Waals surface area contributed by atoms with Crippen molar-refractivity contribution in [3.8, 4) is 5.75 Å². The number of carbonyl (C=O) groups is 1. The van der Waals surface area contributed by atoms with Gasteiger partial charge in [-0.3, -0.25) is 4.79 Å². The lowest BCUT2D eigenvalue weighted by atomic mass is 9.97. The van der Waals surface area contributed by atoms with Crippen molar-refractivity contribution in [1.82, 2.24) is 4.90 Å². The van der Waals surface area contributed by atoms with Gasteiger partial charge < -0.3 is 19.8 Å². The maximum Gasteiger partial charge on any atom is 0.257 e. The van der Waals surface area contributed by atoms with Gasteiger partial charge in [0, 0.05) is 23.1 Å². The van der Waals surface area contributed by atoms with Crippen molar-refractivity contribution in [3.05, 3.63) is 51.9 Å². The zero-order valence-corrected chi connectivity index (χ0v) is 15.2. The Bertz CT molecular complexity index is 719. The number of amides is 1. The highest BCUT2D eigenvalue weighted by atomic mass is 35.5. The molecule has 1 aromatic heterocycles. The van der Waals surface area contributed by atoms with E-state index >= 15 is 0 Å². The monoisotopic (exact) mass is 382 g/mol. The predicted molar refractivity (Wildman–Crippen MR) is 97.2 cm³/mol. The lowest BCUT2D eigenvalue weighted by Crippen LogP contribution is -2.39. The molecule has 2 aromatic rings. The van der Waals surface area contributed by atoms with Gasteiger partial charge >= 0.3 is 0 Å². The molecule has 134 valence electrons. The average Bonchev–Trinajstić information content (AvgIpc) is 3.08. The maximum absolute atomic E-state index is 12.5. The van der Waals surface area contributed by atoms with Crippen LogP contribution in [0.1, 0.15) is 29.0 Å². The third-order valence-corrected chi connectivity index (χ3v) is 4.76. The zero-order valence-electron chi connectivity index (χ0n) is 13.7. The molecule has 2 heterocycles. The third-order valence-electron chi connectivity index (χ3n) is 4.33. The van der Waals surface area contributed by atoms with Gasteiger partial charge in [0.1, 0.15) is 17.8 Å². The minimum atomic E-state index is -0.00978. The van der Waals surface area contributed by atoms with E-state index in [4.69, 9.17) is 38.1 Å². The predicted octanol–water partition coefficient (Wildman–Crippen LogP) is 3.98. The molecular formula is C18H20Cl2N2O3. The van der Waals surface area contributed by atoms with Gasteiger partial charge in [0.25, 0.3) is 5.91 Å². The Balaban J connectivity index is 1.49. The minimum absolute atomic E-state index is 0.00978. The summed E-state index contributed by atoms with van der Waals surface area (Å²) in [6.07, 6.45) is 3.26. The number of nitrogens with zero attached hydrogens (tertiary/aromatic N) is 1. The van der Waals surface area contributed by atoms with Crippen molar-refractivity contribution in [2.45, 2.75) is 19.4 Å². The summed E-state index contributed by atoms with van der Waals surface area (Å²) in [6, 6.07) is 6.88. The van der Waals surface area contributed by atoms with Crippen LogP contribution in [0, 0.1) is 5.92 Å². The van der Waals surface area contributed by atoms with E-state index in [0.29, 0.717) is 59.3 Å². The van der Waals surface area contributed by atoms with Crippen LogP contribution in [-0.2, 0) is 6.54 Å². The topological polar surface area (TPSA) is 68.7 Å². The molecule has 3 rings (SSSR count). The molecule has 5 nitrogen and oxygen atoms in total. The van der Waals surface area contributed by atoms with Crippen molar-refractivity contribution in [3.63, 3.8) is 0 Å². The second-order valence-electron chi connectivity index (χ2n) is 6.16. The van der Waals surface area contributed by atoms with E-state index in [9.17, 15) is 4.79 Å². The van der Waals surface area contributed by atoms with E-state index in [1.807, 2.05) is 4.90 Å². The van der Waals surface area contributed by atoms with Crippen LogP contribution in [-0.4, -0.2) is 30.5 Å². The van der Waals surface area contributed by atoms with Crippen LogP contribution in [0.15, 0.2) is 34.9 Å². The van der Waals surface area contributed by atoms with E-state index in [0.717, 1.165) is 12.8 Å². The molecule has 1 aromatic carbocycles. The van der Waals surface area contributed by atoms with Gasteiger partial charge in [0.05, 0.1) is 18.7 Å². The Hall–Kier alpha value is -1.69. The molecule has 0 aliphatic carbocycles. The van der Waals surface area contributed by atoms with Crippen LogP contribution in [0.3, 0.4) is 0 Å². The minimum Gasteiger partial charge on any atom is -0.493 e. The van der Waals surface area contributed by atoms with Crippen LogP contribution < -0.4 is 10.5 Å². The molecule has 0 saturated carbocycles. The van der Waals surface area contributed by atoms with E-state index in [-0.39, 0.29) is 5.91 Å². The van der Waals surface area contributed by atoms with E-state index in [2.05, 4.69) is 0 Å². The smallest absolute Gasteiger partial charge is 0.257 e. The van der Waals surface area contributed by atoms with E-state index in [1.165, 1.54) is 6.26 Å². The quantitative estimate of drug-likeness (QED) is 0.848. The molecule has 1 aliphatic heterocycles. The number of halogens is 2. The van der Waals surface area contributed by atoms with Crippen LogP contribution >= 0.6 is 23.2 Å². The van der Waals surface area contributed by atoms with Gasteiger partial charge in [0.2, 0.25) is 0 Å². The van der Waals surface area contributed by atoms with Crippen molar-refractivity contribution in [2.75, 3.05) is 19.7 Å². The number of likely N-dealkylation sites (tertiary alicyclic amines) is 1. The van der Waals surface area contributed by atoms with Crippen molar-refractivity contribution < 1.29 is 13.9 Å². The highest BCUT2D eigenvalue weighted by Gasteiger charge is 2.25. The van der Waals surface area contributed by atoms with Crippen molar-refractivity contribution in [1.29, 1.82) is 0 Å². The first kappa shape index (κ1) is 18.1. The fourth-order valence-electron chi connectivity index (χ4n) is 2.91. The number of piperidine rings is 1. The van der Waals surface area contributed by atoms with Gasteiger partial charge in [-0.15, -0.1) is 0 Å². The number of ether oxygens (including phenoxy) is 1. The number of benzene rings is 1. The second kappa shape index (κ2) is 8.13. The summed E-state index contributed by atoms with van der Waals surface area (Å²) < 4.78 is 11.0. The Morgan fingerprint density at radius 1 is 1.20 bits per heavy atom. The number of nitrogens with two attached hydrogens (primary N) is 1. The summed E-state index contributed by atoms with van der Waals surface area (Å²) in [5.41, 5.74) is 6.07. The Morgan fingerprint density at radius 2 is 1.88 bits per heavy atom. The Labute approximate surface area is 156 Å². The number of furan rings is 1. The van der Waals surface area contributed by atoms with Crippen molar-refractivity contribution in [2.24, 2.45) is 11.7 Å². The Kier molecular flexibility index (Phi) is 5.89. The van der Waals surface area contributed by atoms with Gasteiger partial charge in [-0.1, -0.05) is 23.2 Å². The Morgan fingerprint density at radius 3 is 2.48 bits per heavy atom. The third kappa shape index (κ3) is 4.69. The number of hydrogen-bond donors (Lipinski definition) is 1. The molecule has 0 atom stereocenters. The molecule has 2 N–H and O–H groups in total. The van der Waals surface area contributed by atoms with Gasteiger partial charge in [0.15, 0.2) is 0 Å².